The molecular formula is C28H44O5. The van der Waals surface area contributed by atoms with Crippen molar-refractivity contribution in [2.24, 2.45) is 46.3 Å². The van der Waals surface area contributed by atoms with Crippen LogP contribution in [0.15, 0.2) is 0 Å². The van der Waals surface area contributed by atoms with Crippen molar-refractivity contribution < 1.29 is 23.9 Å². The lowest BCUT2D eigenvalue weighted by atomic mass is 9.43. The summed E-state index contributed by atoms with van der Waals surface area (Å²) in [6.07, 6.45) is 11.4. The number of hydrogen-bond donors (Lipinski definition) is 0. The van der Waals surface area contributed by atoms with E-state index in [0.717, 1.165) is 38.4 Å². The van der Waals surface area contributed by atoms with Crippen LogP contribution < -0.4 is 0 Å². The first-order valence-corrected chi connectivity index (χ1v) is 13.4. The van der Waals surface area contributed by atoms with Gasteiger partial charge in [-0.05, 0) is 98.7 Å². The van der Waals surface area contributed by atoms with Gasteiger partial charge in [0, 0.05) is 25.7 Å². The Morgan fingerprint density at radius 1 is 0.970 bits per heavy atom. The van der Waals surface area contributed by atoms with E-state index in [0.29, 0.717) is 41.9 Å². The average molecular weight is 461 g/mol. The van der Waals surface area contributed by atoms with Gasteiger partial charge in [0.2, 0.25) is 0 Å². The predicted molar refractivity (Wildman–Crippen MR) is 126 cm³/mol. The fourth-order valence-electron chi connectivity index (χ4n) is 9.37. The Bertz CT molecular complexity index is 763. The molecular weight excluding hydrogens is 416 g/mol. The number of fused-ring (bicyclic) bond motifs is 5. The van der Waals surface area contributed by atoms with Crippen molar-refractivity contribution in [1.29, 1.82) is 0 Å². The van der Waals surface area contributed by atoms with Gasteiger partial charge >= 0.3 is 11.9 Å². The molecule has 4 aliphatic carbocycles. The molecule has 0 radical (unpaired) electrons. The van der Waals surface area contributed by atoms with Crippen LogP contribution in [0.3, 0.4) is 0 Å². The molecule has 5 heteroatoms. The number of ether oxygens (including phenoxy) is 2. The highest BCUT2D eigenvalue weighted by molar-refractivity contribution is 5.66. The zero-order valence-electron chi connectivity index (χ0n) is 21.3. The highest BCUT2D eigenvalue weighted by Crippen LogP contribution is 2.69. The van der Waals surface area contributed by atoms with Crippen LogP contribution in [-0.4, -0.2) is 30.4 Å². The third kappa shape index (κ3) is 4.27. The molecule has 4 aliphatic rings. The number of aldehydes is 1. The summed E-state index contributed by atoms with van der Waals surface area (Å²) < 4.78 is 11.8. The van der Waals surface area contributed by atoms with E-state index in [2.05, 4.69) is 20.8 Å². The summed E-state index contributed by atoms with van der Waals surface area (Å²) in [5.74, 6) is 3.01. The van der Waals surface area contributed by atoms with Crippen molar-refractivity contribution in [3.63, 3.8) is 0 Å². The van der Waals surface area contributed by atoms with Gasteiger partial charge in [0.1, 0.15) is 18.5 Å². The molecule has 0 aromatic rings. The topological polar surface area (TPSA) is 69.7 Å². The molecule has 0 aliphatic heterocycles. The fourth-order valence-corrected chi connectivity index (χ4v) is 9.37. The third-order valence-corrected chi connectivity index (χ3v) is 10.8. The monoisotopic (exact) mass is 460 g/mol. The van der Waals surface area contributed by atoms with Gasteiger partial charge in [-0.3, -0.25) is 9.59 Å². The number of carbonyl (C=O) groups excluding carboxylic acids is 3. The van der Waals surface area contributed by atoms with Crippen LogP contribution in [0.4, 0.5) is 0 Å². The minimum absolute atomic E-state index is 0.00667. The van der Waals surface area contributed by atoms with E-state index in [1.807, 2.05) is 0 Å². The smallest absolute Gasteiger partial charge is 0.302 e. The molecule has 186 valence electrons. The van der Waals surface area contributed by atoms with E-state index < -0.39 is 0 Å². The van der Waals surface area contributed by atoms with Crippen LogP contribution in [0.1, 0.15) is 98.8 Å². The maximum absolute atomic E-state index is 12.2. The Hall–Kier alpha value is -1.39. The Kier molecular flexibility index (Phi) is 7.00. The van der Waals surface area contributed by atoms with E-state index in [1.165, 1.54) is 32.6 Å². The van der Waals surface area contributed by atoms with Gasteiger partial charge in [-0.15, -0.1) is 0 Å². The van der Waals surface area contributed by atoms with E-state index in [9.17, 15) is 14.4 Å². The van der Waals surface area contributed by atoms with Crippen molar-refractivity contribution in [1.82, 2.24) is 0 Å². The van der Waals surface area contributed by atoms with Crippen molar-refractivity contribution in [2.45, 2.75) is 111 Å². The quantitative estimate of drug-likeness (QED) is 0.374. The molecule has 0 saturated heterocycles. The first-order valence-electron chi connectivity index (χ1n) is 13.4. The maximum atomic E-state index is 12.2. The minimum atomic E-state index is -0.166. The first-order chi connectivity index (χ1) is 15.6. The lowest BCUT2D eigenvalue weighted by Crippen LogP contribution is -2.59. The Morgan fingerprint density at radius 2 is 1.70 bits per heavy atom. The Morgan fingerprint density at radius 3 is 2.36 bits per heavy atom. The summed E-state index contributed by atoms with van der Waals surface area (Å²) in [6.45, 7) is 10.3. The third-order valence-electron chi connectivity index (χ3n) is 10.8. The van der Waals surface area contributed by atoms with Crippen molar-refractivity contribution in [3.05, 3.63) is 0 Å². The van der Waals surface area contributed by atoms with Gasteiger partial charge in [0.15, 0.2) is 0 Å². The van der Waals surface area contributed by atoms with Gasteiger partial charge in [0.25, 0.3) is 0 Å². The first kappa shape index (κ1) is 24.7. The Labute approximate surface area is 199 Å². The molecule has 0 heterocycles. The molecule has 0 aromatic carbocycles. The molecule has 0 bridgehead atoms. The molecule has 4 saturated carbocycles. The van der Waals surface area contributed by atoms with Crippen LogP contribution in [0.2, 0.25) is 0 Å². The van der Waals surface area contributed by atoms with Gasteiger partial charge < -0.3 is 14.3 Å². The summed E-state index contributed by atoms with van der Waals surface area (Å²) in [5.41, 5.74) is 0.216. The van der Waals surface area contributed by atoms with Gasteiger partial charge in [-0.2, -0.15) is 0 Å². The molecule has 33 heavy (non-hydrogen) atoms. The van der Waals surface area contributed by atoms with E-state index in [-0.39, 0.29) is 35.0 Å². The van der Waals surface area contributed by atoms with Crippen LogP contribution in [0.25, 0.3) is 0 Å². The van der Waals surface area contributed by atoms with E-state index >= 15 is 0 Å². The SMILES string of the molecule is CC(=O)O[C@@H]1CC[C@@]2(C)C(CC[C@H]3[C@@H]4CC[C@H]([C@H](C)CCC=O)[C@@]4(C)[C@@H](OC(C)=O)C[C@@H]32)C1. The van der Waals surface area contributed by atoms with Gasteiger partial charge in [-0.1, -0.05) is 20.8 Å². The molecule has 5 nitrogen and oxygen atoms in total. The second-order valence-corrected chi connectivity index (χ2v) is 12.3. The molecule has 0 aromatic heterocycles. The zero-order valence-corrected chi connectivity index (χ0v) is 21.3. The van der Waals surface area contributed by atoms with Crippen molar-refractivity contribution in [2.75, 3.05) is 0 Å². The summed E-state index contributed by atoms with van der Waals surface area (Å²) in [7, 11) is 0. The minimum Gasteiger partial charge on any atom is -0.463 e. The number of esters is 2. The molecule has 4 rings (SSSR count). The maximum Gasteiger partial charge on any atom is 0.302 e. The second-order valence-electron chi connectivity index (χ2n) is 12.3. The van der Waals surface area contributed by atoms with Crippen LogP contribution in [-0.2, 0) is 23.9 Å². The van der Waals surface area contributed by atoms with Crippen molar-refractivity contribution >= 4 is 18.2 Å². The molecule has 10 atom stereocenters. The molecule has 1 unspecified atom stereocenters. The number of rotatable bonds is 6. The van der Waals surface area contributed by atoms with Crippen LogP contribution >= 0.6 is 0 Å². The molecule has 0 N–H and O–H groups in total. The molecule has 0 spiro atoms. The average Bonchev–Trinajstić information content (AvgIpc) is 3.10. The van der Waals surface area contributed by atoms with Crippen LogP contribution in [0, 0.1) is 46.3 Å². The predicted octanol–water partition coefficient (Wildman–Crippen LogP) is 5.73. The van der Waals surface area contributed by atoms with E-state index in [1.54, 1.807) is 6.92 Å². The highest BCUT2D eigenvalue weighted by atomic mass is 16.5. The zero-order chi connectivity index (χ0) is 24.0. The van der Waals surface area contributed by atoms with Gasteiger partial charge in [-0.25, -0.2) is 0 Å². The lowest BCUT2D eigenvalue weighted by Gasteiger charge is -2.62. The summed E-state index contributed by atoms with van der Waals surface area (Å²) in [5, 5.41) is 0. The molecule has 0 amide bonds. The van der Waals surface area contributed by atoms with Gasteiger partial charge in [0.05, 0.1) is 0 Å². The van der Waals surface area contributed by atoms with E-state index in [4.69, 9.17) is 9.47 Å². The molecule has 4 fully saturated rings. The normalized spacial score (nSPS) is 45.2. The van der Waals surface area contributed by atoms with Crippen molar-refractivity contribution in [3.8, 4) is 0 Å². The summed E-state index contributed by atoms with van der Waals surface area (Å²) in [4.78, 5) is 34.8. The van der Waals surface area contributed by atoms with Crippen LogP contribution in [0.5, 0.6) is 0 Å². The number of carbonyl (C=O) groups is 3. The number of hydrogen-bond acceptors (Lipinski definition) is 5. The standard InChI is InChI=1S/C28H44O5/c1-17(7-6-14-29)23-10-11-24-22-9-8-20-15-21(32-18(2)30)12-13-27(20,4)25(22)16-26(28(23,24)5)33-19(3)31/h14,17,20-26H,6-13,15-16H2,1-5H3/t17-,20?,21-,22+,23-,24+,25+,26+,27+,28-/m1/s1. The summed E-state index contributed by atoms with van der Waals surface area (Å²) in [6, 6.07) is 0. The summed E-state index contributed by atoms with van der Waals surface area (Å²) >= 11 is 0. The fraction of sp³-hybridized carbons (Fsp3) is 0.893. The Balaban J connectivity index is 1.61. The second kappa shape index (κ2) is 9.34. The lowest BCUT2D eigenvalue weighted by molar-refractivity contribution is -0.197. The largest absolute Gasteiger partial charge is 0.463 e. The highest BCUT2D eigenvalue weighted by Gasteiger charge is 2.65.